The van der Waals surface area contributed by atoms with E-state index in [1.165, 1.54) is 11.1 Å². The van der Waals surface area contributed by atoms with Gasteiger partial charge < -0.3 is 9.84 Å². The van der Waals surface area contributed by atoms with Gasteiger partial charge in [-0.2, -0.15) is 0 Å². The highest BCUT2D eigenvalue weighted by Gasteiger charge is 2.17. The van der Waals surface area contributed by atoms with Crippen molar-refractivity contribution in [2.45, 2.75) is 19.9 Å². The fourth-order valence-electron chi connectivity index (χ4n) is 2.80. The summed E-state index contributed by atoms with van der Waals surface area (Å²) in [5.41, 5.74) is 2.43. The van der Waals surface area contributed by atoms with Crippen LogP contribution >= 0.6 is 0 Å². The average Bonchev–Trinajstić information content (AvgIpc) is 2.64. The van der Waals surface area contributed by atoms with Crippen LogP contribution in [-0.4, -0.2) is 60.7 Å². The lowest BCUT2D eigenvalue weighted by Crippen LogP contribution is -2.34. The van der Waals surface area contributed by atoms with Crippen LogP contribution in [0.5, 0.6) is 5.75 Å². The number of nitrogens with zero attached hydrogens (tertiary/aromatic N) is 2. The maximum atomic E-state index is 10.8. The first-order chi connectivity index (χ1) is 10.1. The number of carboxylic acids is 1. The van der Waals surface area contributed by atoms with Crippen molar-refractivity contribution in [2.24, 2.45) is 0 Å². The van der Waals surface area contributed by atoms with Gasteiger partial charge in [0, 0.05) is 31.7 Å². The Morgan fingerprint density at radius 1 is 1.24 bits per heavy atom. The topological polar surface area (TPSA) is 53.0 Å². The summed E-state index contributed by atoms with van der Waals surface area (Å²) in [5, 5.41) is 8.89. The highest BCUT2D eigenvalue weighted by molar-refractivity contribution is 5.69. The van der Waals surface area contributed by atoms with Crippen LogP contribution in [0.15, 0.2) is 18.2 Å². The molecule has 5 nitrogen and oxygen atoms in total. The molecule has 1 fully saturated rings. The third-order valence-electron chi connectivity index (χ3n) is 3.87. The van der Waals surface area contributed by atoms with Gasteiger partial charge in [0.1, 0.15) is 5.75 Å². The van der Waals surface area contributed by atoms with E-state index in [2.05, 4.69) is 24.0 Å². The van der Waals surface area contributed by atoms with Gasteiger partial charge in [0.2, 0.25) is 0 Å². The largest absolute Gasteiger partial charge is 0.496 e. The maximum absolute atomic E-state index is 10.8. The average molecular weight is 292 g/mol. The number of aliphatic carboxylic acids is 1. The van der Waals surface area contributed by atoms with Crippen LogP contribution in [0.25, 0.3) is 0 Å². The molecule has 0 radical (unpaired) electrons. The minimum Gasteiger partial charge on any atom is -0.496 e. The van der Waals surface area contributed by atoms with Crippen molar-refractivity contribution in [3.8, 4) is 5.75 Å². The summed E-state index contributed by atoms with van der Waals surface area (Å²) in [6.07, 6.45) is 1.00. The lowest BCUT2D eigenvalue weighted by atomic mass is 10.1. The molecule has 2 rings (SSSR count). The monoisotopic (exact) mass is 292 g/mol. The predicted molar refractivity (Wildman–Crippen MR) is 81.7 cm³/mol. The Kier molecular flexibility index (Phi) is 5.59. The van der Waals surface area contributed by atoms with Crippen molar-refractivity contribution >= 4 is 5.97 Å². The number of carboxylic acid groups (broad SMARTS) is 1. The molecule has 5 heteroatoms. The standard InChI is InChI=1S/C16H24N2O3/c1-13-4-5-15(21-2)14(10-13)11-17-6-3-7-18(9-8-17)12-16(19)20/h4-5,10H,3,6-9,11-12H2,1-2H3,(H,19,20). The number of hydrogen-bond acceptors (Lipinski definition) is 4. The quantitative estimate of drug-likeness (QED) is 0.893. The first kappa shape index (κ1) is 15.8. The molecule has 0 unspecified atom stereocenters. The molecule has 1 aliphatic rings. The highest BCUT2D eigenvalue weighted by atomic mass is 16.5. The van der Waals surface area contributed by atoms with Gasteiger partial charge >= 0.3 is 5.97 Å². The minimum absolute atomic E-state index is 0.140. The van der Waals surface area contributed by atoms with Gasteiger partial charge in [-0.1, -0.05) is 17.7 Å². The molecule has 0 atom stereocenters. The van der Waals surface area contributed by atoms with E-state index in [-0.39, 0.29) is 6.54 Å². The van der Waals surface area contributed by atoms with Crippen LogP contribution in [0.1, 0.15) is 17.5 Å². The van der Waals surface area contributed by atoms with E-state index in [0.717, 1.165) is 44.9 Å². The molecule has 1 heterocycles. The second-order valence-electron chi connectivity index (χ2n) is 5.61. The van der Waals surface area contributed by atoms with E-state index in [4.69, 9.17) is 9.84 Å². The second-order valence-corrected chi connectivity index (χ2v) is 5.61. The fourth-order valence-corrected chi connectivity index (χ4v) is 2.80. The van der Waals surface area contributed by atoms with Gasteiger partial charge in [-0.15, -0.1) is 0 Å². The van der Waals surface area contributed by atoms with Crippen molar-refractivity contribution < 1.29 is 14.6 Å². The van der Waals surface area contributed by atoms with Crippen molar-refractivity contribution in [1.82, 2.24) is 9.80 Å². The number of methoxy groups -OCH3 is 1. The molecule has 1 aliphatic heterocycles. The van der Waals surface area contributed by atoms with E-state index in [1.807, 2.05) is 11.0 Å². The van der Waals surface area contributed by atoms with Crippen molar-refractivity contribution in [1.29, 1.82) is 0 Å². The van der Waals surface area contributed by atoms with Crippen LogP contribution in [0.4, 0.5) is 0 Å². The normalized spacial score (nSPS) is 17.4. The number of ether oxygens (including phenoxy) is 1. The molecule has 1 aromatic carbocycles. The second kappa shape index (κ2) is 7.43. The first-order valence-electron chi connectivity index (χ1n) is 7.38. The van der Waals surface area contributed by atoms with Gasteiger partial charge in [0.25, 0.3) is 0 Å². The van der Waals surface area contributed by atoms with Crippen molar-refractivity contribution in [3.63, 3.8) is 0 Å². The Labute approximate surface area is 126 Å². The smallest absolute Gasteiger partial charge is 0.317 e. The van der Waals surface area contributed by atoms with Gasteiger partial charge in [0.15, 0.2) is 0 Å². The Morgan fingerprint density at radius 3 is 2.67 bits per heavy atom. The molecular weight excluding hydrogens is 268 g/mol. The molecule has 0 aromatic heterocycles. The zero-order valence-corrected chi connectivity index (χ0v) is 12.8. The molecule has 0 aliphatic carbocycles. The summed E-state index contributed by atoms with van der Waals surface area (Å²) in [4.78, 5) is 15.2. The summed E-state index contributed by atoms with van der Waals surface area (Å²) in [6, 6.07) is 6.23. The molecule has 0 amide bonds. The van der Waals surface area contributed by atoms with Crippen LogP contribution in [0, 0.1) is 6.92 Å². The maximum Gasteiger partial charge on any atom is 0.317 e. The zero-order valence-electron chi connectivity index (χ0n) is 12.8. The molecular formula is C16H24N2O3. The van der Waals surface area contributed by atoms with Crippen LogP contribution in [0.2, 0.25) is 0 Å². The predicted octanol–water partition coefficient (Wildman–Crippen LogP) is 1.60. The van der Waals surface area contributed by atoms with Crippen LogP contribution in [-0.2, 0) is 11.3 Å². The Bertz CT molecular complexity index is 490. The van der Waals surface area contributed by atoms with E-state index >= 15 is 0 Å². The van der Waals surface area contributed by atoms with Crippen LogP contribution < -0.4 is 4.74 Å². The molecule has 1 aromatic rings. The number of carbonyl (C=O) groups is 1. The summed E-state index contributed by atoms with van der Waals surface area (Å²) in [5.74, 6) is 0.177. The minimum atomic E-state index is -0.746. The lowest BCUT2D eigenvalue weighted by molar-refractivity contribution is -0.138. The van der Waals surface area contributed by atoms with Crippen molar-refractivity contribution in [2.75, 3.05) is 39.8 Å². The molecule has 21 heavy (non-hydrogen) atoms. The van der Waals surface area contributed by atoms with Gasteiger partial charge in [-0.25, -0.2) is 0 Å². The van der Waals surface area contributed by atoms with Gasteiger partial charge in [-0.3, -0.25) is 14.6 Å². The number of aryl methyl sites for hydroxylation is 1. The van der Waals surface area contributed by atoms with Crippen molar-refractivity contribution in [3.05, 3.63) is 29.3 Å². The summed E-state index contributed by atoms with van der Waals surface area (Å²) in [7, 11) is 1.70. The number of benzene rings is 1. The molecule has 1 saturated heterocycles. The molecule has 116 valence electrons. The Morgan fingerprint density at radius 2 is 1.95 bits per heavy atom. The molecule has 0 bridgehead atoms. The molecule has 0 spiro atoms. The van der Waals surface area contributed by atoms with E-state index in [9.17, 15) is 4.79 Å². The molecule has 0 saturated carbocycles. The Balaban J connectivity index is 1.97. The summed E-state index contributed by atoms with van der Waals surface area (Å²) >= 11 is 0. The van der Waals surface area contributed by atoms with E-state index in [0.29, 0.717) is 0 Å². The summed E-state index contributed by atoms with van der Waals surface area (Å²) in [6.45, 7) is 6.62. The zero-order chi connectivity index (χ0) is 15.2. The van der Waals surface area contributed by atoms with Gasteiger partial charge in [0.05, 0.1) is 13.7 Å². The Hall–Kier alpha value is -1.59. The number of hydrogen-bond donors (Lipinski definition) is 1. The third kappa shape index (κ3) is 4.72. The molecule has 1 N–H and O–H groups in total. The summed E-state index contributed by atoms with van der Waals surface area (Å²) < 4.78 is 5.43. The SMILES string of the molecule is COc1ccc(C)cc1CN1CCCN(CC(=O)O)CC1. The number of rotatable bonds is 5. The lowest BCUT2D eigenvalue weighted by Gasteiger charge is -2.22. The van der Waals surface area contributed by atoms with Gasteiger partial charge in [-0.05, 0) is 26.0 Å². The first-order valence-corrected chi connectivity index (χ1v) is 7.38. The fraction of sp³-hybridized carbons (Fsp3) is 0.562. The van der Waals surface area contributed by atoms with E-state index in [1.54, 1.807) is 7.11 Å². The highest BCUT2D eigenvalue weighted by Crippen LogP contribution is 2.22. The third-order valence-corrected chi connectivity index (χ3v) is 3.87. The van der Waals surface area contributed by atoms with E-state index < -0.39 is 5.97 Å². The van der Waals surface area contributed by atoms with Crippen LogP contribution in [0.3, 0.4) is 0 Å².